The van der Waals surface area contributed by atoms with Gasteiger partial charge >= 0.3 is 0 Å². The number of nitrogens with one attached hydrogen (secondary N) is 4. The van der Waals surface area contributed by atoms with Crippen molar-refractivity contribution in [3.05, 3.63) is 71.8 Å². The van der Waals surface area contributed by atoms with E-state index in [0.717, 1.165) is 0 Å². The lowest BCUT2D eigenvalue weighted by atomic mass is 10.0. The molecule has 34 heavy (non-hydrogen) atoms. The maximum absolute atomic E-state index is 12.5. The quantitative estimate of drug-likeness (QED) is 0.0966. The number of hydrazine groups is 2. The summed E-state index contributed by atoms with van der Waals surface area (Å²) in [6.45, 7) is 0. The van der Waals surface area contributed by atoms with Crippen molar-refractivity contribution in [1.29, 1.82) is 0 Å². The molecule has 0 aliphatic heterocycles. The summed E-state index contributed by atoms with van der Waals surface area (Å²) in [5, 5.41) is 24.9. The van der Waals surface area contributed by atoms with Crippen molar-refractivity contribution in [2.24, 2.45) is 11.7 Å². The highest BCUT2D eigenvalue weighted by molar-refractivity contribution is 5.95. The van der Waals surface area contributed by atoms with Gasteiger partial charge < -0.3 is 20.8 Å². The van der Waals surface area contributed by atoms with Gasteiger partial charge in [0.05, 0.1) is 0 Å². The minimum atomic E-state index is -2.23. The molecule has 2 aromatic rings. The second-order valence-corrected chi connectivity index (χ2v) is 7.41. The zero-order valence-electron chi connectivity index (χ0n) is 18.2. The second-order valence-electron chi connectivity index (χ2n) is 7.41. The number of carbonyl (C=O) groups excluding carboxylic acids is 4. The lowest BCUT2D eigenvalue weighted by Gasteiger charge is -2.23. The summed E-state index contributed by atoms with van der Waals surface area (Å²) in [6.07, 6.45) is -4.38. The van der Waals surface area contributed by atoms with Crippen LogP contribution in [0.5, 0.6) is 0 Å². The molecule has 0 heterocycles. The average Bonchev–Trinajstić information content (AvgIpc) is 2.87. The number of carbonyl (C=O) groups is 4. The molecule has 182 valence electrons. The highest BCUT2D eigenvalue weighted by Gasteiger charge is 2.34. The Morgan fingerprint density at radius 1 is 0.618 bits per heavy atom. The molecule has 0 aromatic heterocycles. The first-order chi connectivity index (χ1) is 16.3. The van der Waals surface area contributed by atoms with Crippen LogP contribution in [0.2, 0.25) is 0 Å². The van der Waals surface area contributed by atoms with Gasteiger partial charge in [-0.2, -0.15) is 0 Å². The van der Waals surface area contributed by atoms with Crippen LogP contribution in [-0.2, 0) is 32.0 Å². The molecule has 10 N–H and O–H groups in total. The first-order valence-electron chi connectivity index (χ1n) is 10.3. The van der Waals surface area contributed by atoms with Crippen LogP contribution < -0.4 is 33.2 Å². The second kappa shape index (κ2) is 13.0. The van der Waals surface area contributed by atoms with Gasteiger partial charge in [0.25, 0.3) is 23.6 Å². The van der Waals surface area contributed by atoms with E-state index in [-0.39, 0.29) is 12.8 Å². The van der Waals surface area contributed by atoms with E-state index in [4.69, 9.17) is 11.7 Å². The van der Waals surface area contributed by atoms with Gasteiger partial charge in [-0.25, -0.2) is 11.7 Å². The van der Waals surface area contributed by atoms with E-state index in [2.05, 4.69) is 10.6 Å². The normalized spacial score (nSPS) is 14.1. The molecule has 0 aliphatic carbocycles. The number of rotatable bonds is 11. The highest BCUT2D eigenvalue weighted by atomic mass is 16.3. The largest absolute Gasteiger partial charge is 0.380 e. The molecule has 2 aromatic carbocycles. The Morgan fingerprint density at radius 3 is 1.24 bits per heavy atom. The molecule has 0 fully saturated rings. The van der Waals surface area contributed by atoms with Gasteiger partial charge in [0.15, 0.2) is 12.2 Å². The summed E-state index contributed by atoms with van der Waals surface area (Å²) in [6, 6.07) is 15.0. The Kier molecular flexibility index (Phi) is 10.1. The molecule has 0 bridgehead atoms. The van der Waals surface area contributed by atoms with Crippen LogP contribution in [0.1, 0.15) is 11.1 Å². The number of aliphatic hydroxyl groups is 2. The van der Waals surface area contributed by atoms with Crippen molar-refractivity contribution in [1.82, 2.24) is 21.5 Å². The molecule has 12 nitrogen and oxygen atoms in total. The van der Waals surface area contributed by atoms with Crippen LogP contribution in [0.25, 0.3) is 0 Å². The van der Waals surface area contributed by atoms with Gasteiger partial charge in [0, 0.05) is 12.8 Å². The topological polar surface area (TPSA) is 209 Å². The highest BCUT2D eigenvalue weighted by Crippen LogP contribution is 2.07. The van der Waals surface area contributed by atoms with E-state index in [1.807, 2.05) is 10.9 Å². The summed E-state index contributed by atoms with van der Waals surface area (Å²) >= 11 is 0. The summed E-state index contributed by atoms with van der Waals surface area (Å²) < 4.78 is 0. The van der Waals surface area contributed by atoms with Gasteiger partial charge in [-0.05, 0) is 11.1 Å². The van der Waals surface area contributed by atoms with E-state index in [9.17, 15) is 29.4 Å². The minimum Gasteiger partial charge on any atom is -0.380 e. The molecule has 0 spiro atoms. The first-order valence-corrected chi connectivity index (χ1v) is 10.3. The van der Waals surface area contributed by atoms with Crippen molar-refractivity contribution in [2.75, 3.05) is 0 Å². The van der Waals surface area contributed by atoms with Crippen LogP contribution in [0.4, 0.5) is 0 Å². The predicted octanol–water partition coefficient (Wildman–Crippen LogP) is -2.86. The fourth-order valence-electron chi connectivity index (χ4n) is 3.12. The number of hydrogen-bond donors (Lipinski definition) is 8. The summed E-state index contributed by atoms with van der Waals surface area (Å²) in [4.78, 5) is 49.1. The fourth-order valence-corrected chi connectivity index (χ4v) is 3.12. The van der Waals surface area contributed by atoms with Crippen molar-refractivity contribution < 1.29 is 29.4 Å². The van der Waals surface area contributed by atoms with E-state index in [1.165, 1.54) is 0 Å². The lowest BCUT2D eigenvalue weighted by Crippen LogP contribution is -2.58. The molecular formula is C22H28N6O6. The number of amides is 4. The van der Waals surface area contributed by atoms with E-state index < -0.39 is 47.9 Å². The van der Waals surface area contributed by atoms with Crippen LogP contribution in [0, 0.1) is 0 Å². The van der Waals surface area contributed by atoms with Gasteiger partial charge in [0.2, 0.25) is 0 Å². The molecule has 0 saturated heterocycles. The summed E-state index contributed by atoms with van der Waals surface area (Å²) in [5.41, 5.74) is 5.22. The molecule has 12 heteroatoms. The average molecular weight is 473 g/mol. The van der Waals surface area contributed by atoms with E-state index in [0.29, 0.717) is 11.1 Å². The monoisotopic (exact) mass is 472 g/mol. The maximum atomic E-state index is 12.5. The van der Waals surface area contributed by atoms with Gasteiger partial charge in [-0.15, -0.1) is 0 Å². The number of aliphatic hydroxyl groups excluding tert-OH is 2. The Morgan fingerprint density at radius 2 is 0.941 bits per heavy atom. The molecule has 4 amide bonds. The molecular weight excluding hydrogens is 444 g/mol. The van der Waals surface area contributed by atoms with Crippen molar-refractivity contribution in [3.8, 4) is 0 Å². The number of nitrogens with two attached hydrogens (primary N) is 2. The molecule has 4 atom stereocenters. The molecule has 0 saturated carbocycles. The predicted molar refractivity (Wildman–Crippen MR) is 121 cm³/mol. The Bertz CT molecular complexity index is 895. The smallest absolute Gasteiger partial charge is 0.256 e. The summed E-state index contributed by atoms with van der Waals surface area (Å²) in [7, 11) is 0. The number of hydrogen-bond acceptors (Lipinski definition) is 8. The SMILES string of the molecule is NNC(=O)C(Cc1ccccc1)NC(=O)[C@@H](O)[C@H](O)C(=O)NC(Cc1ccccc1)C(=O)NN. The minimum absolute atomic E-state index is 0.0421. The maximum Gasteiger partial charge on any atom is 0.256 e. The first kappa shape index (κ1) is 26.4. The van der Waals surface area contributed by atoms with E-state index >= 15 is 0 Å². The molecule has 2 unspecified atom stereocenters. The van der Waals surface area contributed by atoms with Crippen molar-refractivity contribution in [3.63, 3.8) is 0 Å². The zero-order chi connectivity index (χ0) is 25.1. The van der Waals surface area contributed by atoms with Crippen molar-refractivity contribution >= 4 is 23.6 Å². The van der Waals surface area contributed by atoms with E-state index in [1.54, 1.807) is 60.7 Å². The Balaban J connectivity index is 2.04. The van der Waals surface area contributed by atoms with Gasteiger partial charge in [-0.1, -0.05) is 60.7 Å². The molecule has 2 rings (SSSR count). The molecule has 0 radical (unpaired) electrons. The third-order valence-electron chi connectivity index (χ3n) is 4.95. The third-order valence-corrected chi connectivity index (χ3v) is 4.95. The fraction of sp³-hybridized carbons (Fsp3) is 0.273. The third kappa shape index (κ3) is 7.64. The molecule has 0 aliphatic rings. The lowest BCUT2D eigenvalue weighted by molar-refractivity contribution is -0.148. The van der Waals surface area contributed by atoms with Crippen LogP contribution in [0.15, 0.2) is 60.7 Å². The zero-order valence-corrected chi connectivity index (χ0v) is 18.2. The van der Waals surface area contributed by atoms with Crippen molar-refractivity contribution in [2.45, 2.75) is 37.1 Å². The van der Waals surface area contributed by atoms with Gasteiger partial charge in [-0.3, -0.25) is 30.0 Å². The van der Waals surface area contributed by atoms with Crippen LogP contribution >= 0.6 is 0 Å². The standard InChI is InChI=1S/C22H28N6O6/c23-27-19(31)15(11-13-7-3-1-4-8-13)25-21(33)17(29)18(30)22(34)26-16(20(32)28-24)12-14-9-5-2-6-10-14/h1-10,15-18,29-30H,11-12,23-24H2,(H,25,33)(H,26,34)(H,27,31)(H,28,32)/t15?,16?,17-,18-/m0/s1. The number of benzene rings is 2. The van der Waals surface area contributed by atoms with Crippen LogP contribution in [0.3, 0.4) is 0 Å². The summed E-state index contributed by atoms with van der Waals surface area (Å²) in [5.74, 6) is 6.48. The Labute approximate surface area is 195 Å². The van der Waals surface area contributed by atoms with Crippen LogP contribution in [-0.4, -0.2) is 58.1 Å². The van der Waals surface area contributed by atoms with Gasteiger partial charge in [0.1, 0.15) is 12.1 Å². The Hall–Kier alpha value is -3.84.